The highest BCUT2D eigenvalue weighted by Crippen LogP contribution is 2.32. The zero-order valence-corrected chi connectivity index (χ0v) is 16.8. The summed E-state index contributed by atoms with van der Waals surface area (Å²) in [5.74, 6) is -3.24. The summed E-state index contributed by atoms with van der Waals surface area (Å²) in [5.41, 5.74) is -0.569. The summed E-state index contributed by atoms with van der Waals surface area (Å²) in [7, 11) is 0. The SMILES string of the molecule is CC(C)(C)OC(=O)N1CCN(c2cc(F)c(C3CCC(=O)NC3=O)cc2F)CC1. The molecule has 0 aromatic heterocycles. The fourth-order valence-electron chi connectivity index (χ4n) is 3.51. The predicted molar refractivity (Wildman–Crippen MR) is 102 cm³/mol. The van der Waals surface area contributed by atoms with Crippen molar-refractivity contribution < 1.29 is 27.9 Å². The lowest BCUT2D eigenvalue weighted by Gasteiger charge is -2.37. The number of imide groups is 1. The molecule has 7 nitrogen and oxygen atoms in total. The van der Waals surface area contributed by atoms with Gasteiger partial charge in [0.1, 0.15) is 17.2 Å². The Morgan fingerprint density at radius 2 is 1.76 bits per heavy atom. The van der Waals surface area contributed by atoms with E-state index < -0.39 is 41.1 Å². The van der Waals surface area contributed by atoms with E-state index in [4.69, 9.17) is 4.74 Å². The quantitative estimate of drug-likeness (QED) is 0.760. The first-order valence-electron chi connectivity index (χ1n) is 9.60. The normalized spacial score (nSPS) is 20.5. The van der Waals surface area contributed by atoms with Gasteiger partial charge in [-0.2, -0.15) is 0 Å². The molecule has 29 heavy (non-hydrogen) atoms. The average molecular weight is 409 g/mol. The molecule has 1 aromatic rings. The molecule has 3 rings (SSSR count). The average Bonchev–Trinajstić information content (AvgIpc) is 2.62. The summed E-state index contributed by atoms with van der Waals surface area (Å²) in [6.45, 7) is 6.65. The maximum absolute atomic E-state index is 14.7. The van der Waals surface area contributed by atoms with Crippen LogP contribution in [0.2, 0.25) is 0 Å². The van der Waals surface area contributed by atoms with Crippen LogP contribution >= 0.6 is 0 Å². The van der Waals surface area contributed by atoms with E-state index in [1.165, 1.54) is 4.90 Å². The van der Waals surface area contributed by atoms with Gasteiger partial charge in [-0.15, -0.1) is 0 Å². The van der Waals surface area contributed by atoms with Crippen molar-refractivity contribution in [3.8, 4) is 0 Å². The number of anilines is 1. The Kier molecular flexibility index (Phi) is 5.77. The highest BCUT2D eigenvalue weighted by atomic mass is 19.1. The van der Waals surface area contributed by atoms with Crippen molar-refractivity contribution in [3.05, 3.63) is 29.3 Å². The molecule has 158 valence electrons. The molecule has 0 bridgehead atoms. The third-order valence-electron chi connectivity index (χ3n) is 4.95. The molecule has 2 aliphatic heterocycles. The molecule has 1 atom stereocenters. The number of rotatable bonds is 2. The molecule has 1 aromatic carbocycles. The molecule has 3 amide bonds. The second kappa shape index (κ2) is 7.96. The number of nitrogens with one attached hydrogen (secondary N) is 1. The van der Waals surface area contributed by atoms with E-state index in [9.17, 15) is 23.2 Å². The Labute approximate surface area is 168 Å². The van der Waals surface area contributed by atoms with E-state index in [-0.39, 0.29) is 24.1 Å². The van der Waals surface area contributed by atoms with Gasteiger partial charge in [-0.3, -0.25) is 14.9 Å². The maximum atomic E-state index is 14.7. The minimum absolute atomic E-state index is 0.0522. The Hall–Kier alpha value is -2.71. The van der Waals surface area contributed by atoms with E-state index in [1.54, 1.807) is 25.7 Å². The summed E-state index contributed by atoms with van der Waals surface area (Å²) in [4.78, 5) is 38.6. The zero-order chi connectivity index (χ0) is 21.3. The number of piperidine rings is 1. The van der Waals surface area contributed by atoms with E-state index >= 15 is 0 Å². The lowest BCUT2D eigenvalue weighted by atomic mass is 9.90. The zero-order valence-electron chi connectivity index (χ0n) is 16.8. The summed E-state index contributed by atoms with van der Waals surface area (Å²) >= 11 is 0. The van der Waals surface area contributed by atoms with Gasteiger partial charge in [0, 0.05) is 44.2 Å². The molecule has 1 unspecified atom stereocenters. The number of piperazine rings is 1. The first-order chi connectivity index (χ1) is 13.5. The minimum atomic E-state index is -0.889. The number of ether oxygens (including phenoxy) is 1. The fourth-order valence-corrected chi connectivity index (χ4v) is 3.51. The van der Waals surface area contributed by atoms with E-state index in [1.807, 2.05) is 0 Å². The number of hydrogen-bond acceptors (Lipinski definition) is 5. The van der Waals surface area contributed by atoms with Crippen molar-refractivity contribution in [2.75, 3.05) is 31.1 Å². The fraction of sp³-hybridized carbons (Fsp3) is 0.550. The number of carbonyl (C=O) groups excluding carboxylic acids is 3. The minimum Gasteiger partial charge on any atom is -0.444 e. The van der Waals surface area contributed by atoms with Gasteiger partial charge in [-0.25, -0.2) is 13.6 Å². The number of benzene rings is 1. The molecule has 2 saturated heterocycles. The molecule has 2 heterocycles. The van der Waals surface area contributed by atoms with Crippen LogP contribution in [-0.4, -0.2) is 54.6 Å². The molecule has 0 aliphatic carbocycles. The van der Waals surface area contributed by atoms with Crippen LogP contribution in [0.15, 0.2) is 12.1 Å². The van der Waals surface area contributed by atoms with Gasteiger partial charge >= 0.3 is 6.09 Å². The van der Waals surface area contributed by atoms with Crippen molar-refractivity contribution in [2.24, 2.45) is 0 Å². The van der Waals surface area contributed by atoms with Crippen LogP contribution in [0.25, 0.3) is 0 Å². The van der Waals surface area contributed by atoms with Gasteiger partial charge in [0.05, 0.1) is 11.6 Å². The van der Waals surface area contributed by atoms with Gasteiger partial charge < -0.3 is 14.5 Å². The smallest absolute Gasteiger partial charge is 0.410 e. The van der Waals surface area contributed by atoms with Crippen molar-refractivity contribution in [2.45, 2.75) is 45.1 Å². The van der Waals surface area contributed by atoms with Crippen LogP contribution in [0.3, 0.4) is 0 Å². The highest BCUT2D eigenvalue weighted by molar-refractivity contribution is 6.01. The largest absolute Gasteiger partial charge is 0.444 e. The van der Waals surface area contributed by atoms with E-state index in [0.29, 0.717) is 26.2 Å². The highest BCUT2D eigenvalue weighted by Gasteiger charge is 2.32. The van der Waals surface area contributed by atoms with Crippen LogP contribution in [-0.2, 0) is 14.3 Å². The molecule has 9 heteroatoms. The number of halogens is 2. The predicted octanol–water partition coefficient (Wildman–Crippen LogP) is 2.54. The maximum Gasteiger partial charge on any atom is 0.410 e. The Balaban J connectivity index is 1.70. The number of amides is 3. The lowest BCUT2D eigenvalue weighted by Crippen LogP contribution is -2.50. The molecule has 1 N–H and O–H groups in total. The first-order valence-corrected chi connectivity index (χ1v) is 9.60. The van der Waals surface area contributed by atoms with Crippen LogP contribution < -0.4 is 10.2 Å². The van der Waals surface area contributed by atoms with Gasteiger partial charge in [0.25, 0.3) is 0 Å². The number of carbonyl (C=O) groups is 3. The monoisotopic (exact) mass is 409 g/mol. The lowest BCUT2D eigenvalue weighted by molar-refractivity contribution is -0.134. The van der Waals surface area contributed by atoms with Gasteiger partial charge in [-0.05, 0) is 33.3 Å². The molecule has 0 radical (unpaired) electrons. The summed E-state index contributed by atoms with van der Waals surface area (Å²) in [6, 6.07) is 2.11. The molecular weight excluding hydrogens is 384 g/mol. The summed E-state index contributed by atoms with van der Waals surface area (Å²) in [6.07, 6.45) is -0.196. The van der Waals surface area contributed by atoms with Crippen molar-refractivity contribution >= 4 is 23.6 Å². The molecule has 0 spiro atoms. The summed E-state index contributed by atoms with van der Waals surface area (Å²) in [5, 5.41) is 2.16. The number of hydrogen-bond donors (Lipinski definition) is 1. The van der Waals surface area contributed by atoms with E-state index in [0.717, 1.165) is 12.1 Å². The number of nitrogens with zero attached hydrogens (tertiary/aromatic N) is 2. The molecule has 2 aliphatic rings. The van der Waals surface area contributed by atoms with Gasteiger partial charge in [0.15, 0.2) is 0 Å². The van der Waals surface area contributed by atoms with Crippen LogP contribution in [0, 0.1) is 11.6 Å². The van der Waals surface area contributed by atoms with Crippen LogP contribution in [0.1, 0.15) is 45.1 Å². The first kappa shape index (κ1) is 21.0. The topological polar surface area (TPSA) is 79.0 Å². The van der Waals surface area contributed by atoms with Crippen molar-refractivity contribution in [1.82, 2.24) is 10.2 Å². The van der Waals surface area contributed by atoms with Crippen LogP contribution in [0.4, 0.5) is 19.3 Å². The Morgan fingerprint density at radius 1 is 1.10 bits per heavy atom. The molecule has 0 saturated carbocycles. The van der Waals surface area contributed by atoms with Crippen LogP contribution in [0.5, 0.6) is 0 Å². The Morgan fingerprint density at radius 3 is 2.34 bits per heavy atom. The Bertz CT molecular complexity index is 830. The second-order valence-corrected chi connectivity index (χ2v) is 8.28. The van der Waals surface area contributed by atoms with E-state index in [2.05, 4.69) is 5.32 Å². The standard InChI is InChI=1S/C20H25F2N3O4/c1-20(2,3)29-19(28)25-8-6-24(7-9-25)16-11-14(21)13(10-15(16)22)12-4-5-17(26)23-18(12)27/h10-12H,4-9H2,1-3H3,(H,23,26,27). The molecular formula is C20H25F2N3O4. The second-order valence-electron chi connectivity index (χ2n) is 8.28. The van der Waals surface area contributed by atoms with Crippen molar-refractivity contribution in [3.63, 3.8) is 0 Å². The molecule has 2 fully saturated rings. The van der Waals surface area contributed by atoms with Gasteiger partial charge in [-0.1, -0.05) is 0 Å². The summed E-state index contributed by atoms with van der Waals surface area (Å²) < 4.78 is 34.8. The third-order valence-corrected chi connectivity index (χ3v) is 4.95. The third kappa shape index (κ3) is 4.83. The van der Waals surface area contributed by atoms with Crippen molar-refractivity contribution in [1.29, 1.82) is 0 Å². The van der Waals surface area contributed by atoms with Gasteiger partial charge in [0.2, 0.25) is 11.8 Å².